The number of carbonyl (C=O) groups excluding carboxylic acids is 2. The van der Waals surface area contributed by atoms with E-state index in [0.29, 0.717) is 13.0 Å². The highest BCUT2D eigenvalue weighted by atomic mass is 32.2. The monoisotopic (exact) mass is 431 g/mol. The van der Waals surface area contributed by atoms with Crippen LogP contribution in [0.2, 0.25) is 0 Å². The number of hydrogen-bond donors (Lipinski definition) is 0. The van der Waals surface area contributed by atoms with Gasteiger partial charge in [-0.1, -0.05) is 13.3 Å². The normalized spacial score (nSPS) is 23.6. The fourth-order valence-electron chi connectivity index (χ4n) is 3.49. The second-order valence-electron chi connectivity index (χ2n) is 6.91. The zero-order valence-electron chi connectivity index (χ0n) is 15.4. The van der Waals surface area contributed by atoms with Crippen molar-refractivity contribution >= 4 is 44.8 Å². The van der Waals surface area contributed by atoms with Gasteiger partial charge >= 0.3 is 5.97 Å². The number of ether oxygens (including phenoxy) is 1. The lowest BCUT2D eigenvalue weighted by Crippen LogP contribution is -2.44. The number of sulfone groups is 1. The van der Waals surface area contributed by atoms with Crippen LogP contribution in [-0.4, -0.2) is 61.6 Å². The fraction of sp³-hybridized carbons (Fsp3) is 0.667. The predicted octanol–water partition coefficient (Wildman–Crippen LogP) is 2.44. The number of carbonyl (C=O) groups is 2. The number of unbranched alkanes of at least 4 members (excludes halogenated alkanes) is 1. The quantitative estimate of drug-likeness (QED) is 0.617. The summed E-state index contributed by atoms with van der Waals surface area (Å²) < 4.78 is 28.9. The van der Waals surface area contributed by atoms with E-state index in [-0.39, 0.29) is 41.3 Å². The zero-order chi connectivity index (χ0) is 19.4. The summed E-state index contributed by atoms with van der Waals surface area (Å²) in [5, 5.41) is 1.61. The molecule has 150 valence electrons. The van der Waals surface area contributed by atoms with Gasteiger partial charge in [-0.25, -0.2) is 8.42 Å². The molecule has 1 fully saturated rings. The Morgan fingerprint density at radius 1 is 1.37 bits per heavy atom. The minimum absolute atomic E-state index is 0.00708. The first-order valence-electron chi connectivity index (χ1n) is 9.25. The summed E-state index contributed by atoms with van der Waals surface area (Å²) in [6.07, 6.45) is 3.12. The van der Waals surface area contributed by atoms with Gasteiger partial charge in [0.1, 0.15) is 5.25 Å². The van der Waals surface area contributed by atoms with Crippen LogP contribution >= 0.6 is 23.1 Å². The summed E-state index contributed by atoms with van der Waals surface area (Å²) >= 11 is 3.19. The van der Waals surface area contributed by atoms with Crippen molar-refractivity contribution < 1.29 is 22.7 Å². The van der Waals surface area contributed by atoms with E-state index in [2.05, 4.69) is 0 Å². The van der Waals surface area contributed by atoms with Crippen molar-refractivity contribution in [1.82, 2.24) is 4.90 Å². The molecule has 1 aromatic rings. The van der Waals surface area contributed by atoms with Crippen LogP contribution < -0.4 is 0 Å². The standard InChI is InChI=1S/C18H25NO5S3/c1-2-3-7-19(13-6-10-27(22,23)12-13)16(20)11-24-18(21)17-14-4-8-25-15(14)5-9-26-17/h4,8,13,17H,2-3,5-7,9-12H2,1H3/t13-,17-/m0/s1. The summed E-state index contributed by atoms with van der Waals surface area (Å²) in [5.41, 5.74) is 0.999. The Balaban J connectivity index is 1.60. The highest BCUT2D eigenvalue weighted by molar-refractivity contribution is 8.00. The molecule has 0 bridgehead atoms. The van der Waals surface area contributed by atoms with Crippen molar-refractivity contribution in [3.05, 3.63) is 21.9 Å². The van der Waals surface area contributed by atoms with Crippen LogP contribution in [0.3, 0.4) is 0 Å². The summed E-state index contributed by atoms with van der Waals surface area (Å²) in [6.45, 7) is 2.20. The van der Waals surface area contributed by atoms with Crippen LogP contribution in [0.5, 0.6) is 0 Å². The third-order valence-electron chi connectivity index (χ3n) is 4.95. The SMILES string of the molecule is CCCCN(C(=O)COC(=O)[C@H]1SCCc2sccc21)[C@H]1CCS(=O)(=O)C1. The van der Waals surface area contributed by atoms with Crippen molar-refractivity contribution in [3.63, 3.8) is 0 Å². The molecule has 0 N–H and O–H groups in total. The number of amides is 1. The zero-order valence-corrected chi connectivity index (χ0v) is 17.8. The molecule has 0 saturated carbocycles. The molecule has 1 aromatic heterocycles. The molecular weight excluding hydrogens is 406 g/mol. The molecule has 3 heterocycles. The van der Waals surface area contributed by atoms with Gasteiger partial charge < -0.3 is 9.64 Å². The smallest absolute Gasteiger partial charge is 0.324 e. The van der Waals surface area contributed by atoms with Crippen molar-refractivity contribution in [3.8, 4) is 0 Å². The number of nitrogens with zero attached hydrogens (tertiary/aromatic N) is 1. The summed E-state index contributed by atoms with van der Waals surface area (Å²) in [7, 11) is -3.08. The number of thioether (sulfide) groups is 1. The maximum Gasteiger partial charge on any atom is 0.324 e. The number of aryl methyl sites for hydroxylation is 1. The Bertz CT molecular complexity index is 789. The number of rotatable bonds is 7. The van der Waals surface area contributed by atoms with Gasteiger partial charge in [0.05, 0.1) is 11.5 Å². The maximum atomic E-state index is 12.7. The van der Waals surface area contributed by atoms with Crippen LogP contribution in [0.15, 0.2) is 11.4 Å². The molecule has 2 aliphatic rings. The predicted molar refractivity (Wildman–Crippen MR) is 108 cm³/mol. The summed E-state index contributed by atoms with van der Waals surface area (Å²) in [5.74, 6) is 0.302. The highest BCUT2D eigenvalue weighted by Gasteiger charge is 2.35. The lowest BCUT2D eigenvalue weighted by molar-refractivity contribution is -0.152. The highest BCUT2D eigenvalue weighted by Crippen LogP contribution is 2.40. The van der Waals surface area contributed by atoms with Gasteiger partial charge in [-0.05, 0) is 42.0 Å². The van der Waals surface area contributed by atoms with Crippen molar-refractivity contribution in [2.75, 3.05) is 30.4 Å². The Hall–Kier alpha value is -1.06. The van der Waals surface area contributed by atoms with E-state index < -0.39 is 9.84 Å². The molecule has 0 aliphatic carbocycles. The Labute approximate surface area is 168 Å². The summed E-state index contributed by atoms with van der Waals surface area (Å²) in [6, 6.07) is 1.65. The van der Waals surface area contributed by atoms with Gasteiger partial charge in [0.15, 0.2) is 16.4 Å². The number of esters is 1. The number of thiophene rings is 1. The minimum Gasteiger partial charge on any atom is -0.454 e. The Kier molecular flexibility index (Phi) is 6.86. The average molecular weight is 432 g/mol. The molecule has 0 aromatic carbocycles. The van der Waals surface area contributed by atoms with Crippen LogP contribution in [-0.2, 0) is 30.6 Å². The molecule has 9 heteroatoms. The largest absolute Gasteiger partial charge is 0.454 e. The molecule has 6 nitrogen and oxygen atoms in total. The van der Waals surface area contributed by atoms with E-state index in [0.717, 1.165) is 30.6 Å². The molecule has 27 heavy (non-hydrogen) atoms. The molecule has 0 unspecified atom stereocenters. The van der Waals surface area contributed by atoms with E-state index in [1.54, 1.807) is 28.0 Å². The minimum atomic E-state index is -3.08. The molecule has 0 radical (unpaired) electrons. The lowest BCUT2D eigenvalue weighted by atomic mass is 10.1. The lowest BCUT2D eigenvalue weighted by Gasteiger charge is -2.28. The van der Waals surface area contributed by atoms with Crippen molar-refractivity contribution in [1.29, 1.82) is 0 Å². The Morgan fingerprint density at radius 3 is 2.89 bits per heavy atom. The first-order chi connectivity index (χ1) is 12.9. The van der Waals surface area contributed by atoms with E-state index in [9.17, 15) is 18.0 Å². The van der Waals surface area contributed by atoms with E-state index in [4.69, 9.17) is 4.74 Å². The molecule has 1 saturated heterocycles. The van der Waals surface area contributed by atoms with Crippen molar-refractivity contribution in [2.45, 2.75) is 43.9 Å². The van der Waals surface area contributed by atoms with Gasteiger partial charge in [0, 0.05) is 17.5 Å². The molecule has 2 atom stereocenters. The average Bonchev–Trinajstić information content (AvgIpc) is 3.25. The van der Waals surface area contributed by atoms with Crippen LogP contribution in [0.4, 0.5) is 0 Å². The van der Waals surface area contributed by atoms with E-state index >= 15 is 0 Å². The van der Waals surface area contributed by atoms with E-state index in [1.807, 2.05) is 18.4 Å². The van der Waals surface area contributed by atoms with Gasteiger partial charge in [-0.2, -0.15) is 0 Å². The van der Waals surface area contributed by atoms with Gasteiger partial charge in [-0.3, -0.25) is 9.59 Å². The van der Waals surface area contributed by atoms with Gasteiger partial charge in [0.25, 0.3) is 5.91 Å². The fourth-order valence-corrected chi connectivity index (χ4v) is 7.51. The molecule has 1 amide bonds. The molecule has 0 spiro atoms. The molecular formula is C18H25NO5S3. The second kappa shape index (κ2) is 8.96. The Morgan fingerprint density at radius 2 is 2.19 bits per heavy atom. The van der Waals surface area contributed by atoms with Crippen LogP contribution in [0, 0.1) is 0 Å². The third kappa shape index (κ3) is 5.06. The van der Waals surface area contributed by atoms with Gasteiger partial charge in [0.2, 0.25) is 0 Å². The first kappa shape index (κ1) is 20.7. The second-order valence-corrected chi connectivity index (χ2v) is 11.3. The number of fused-ring (bicyclic) bond motifs is 1. The molecule has 2 aliphatic heterocycles. The van der Waals surface area contributed by atoms with Gasteiger partial charge in [-0.15, -0.1) is 23.1 Å². The molecule has 3 rings (SSSR count). The summed E-state index contributed by atoms with van der Waals surface area (Å²) in [4.78, 5) is 28.0. The number of hydrogen-bond acceptors (Lipinski definition) is 7. The van der Waals surface area contributed by atoms with E-state index in [1.165, 1.54) is 4.88 Å². The van der Waals surface area contributed by atoms with Crippen LogP contribution in [0.25, 0.3) is 0 Å². The third-order valence-corrected chi connectivity index (χ3v) is 8.92. The van der Waals surface area contributed by atoms with Crippen molar-refractivity contribution in [2.24, 2.45) is 0 Å². The topological polar surface area (TPSA) is 80.8 Å². The van der Waals surface area contributed by atoms with Crippen LogP contribution in [0.1, 0.15) is 41.9 Å². The first-order valence-corrected chi connectivity index (χ1v) is 13.0. The maximum absolute atomic E-state index is 12.7.